The first-order valence-corrected chi connectivity index (χ1v) is 6.65. The van der Waals surface area contributed by atoms with Gasteiger partial charge in [0.25, 0.3) is 0 Å². The Bertz CT molecular complexity index is 162. The molecule has 76 valence electrons. The van der Waals surface area contributed by atoms with Gasteiger partial charge in [-0.15, -0.1) is 11.8 Å². The molecule has 13 heavy (non-hydrogen) atoms. The molecule has 0 amide bonds. The molecule has 1 saturated heterocycles. The molecule has 0 aromatic heterocycles. The SMILES string of the molecule is S=CCNCCNC1(SNS)CS1. The van der Waals surface area contributed by atoms with Crippen LogP contribution in [0.15, 0.2) is 0 Å². The van der Waals surface area contributed by atoms with Gasteiger partial charge in [0.2, 0.25) is 0 Å². The van der Waals surface area contributed by atoms with Gasteiger partial charge in [0, 0.05) is 25.4 Å². The summed E-state index contributed by atoms with van der Waals surface area (Å²) in [5.41, 5.74) is 0. The van der Waals surface area contributed by atoms with Crippen LogP contribution < -0.4 is 14.8 Å². The third kappa shape index (κ3) is 4.87. The zero-order chi connectivity index (χ0) is 9.57. The predicted molar refractivity (Wildman–Crippen MR) is 69.4 cm³/mol. The fourth-order valence-electron chi connectivity index (χ4n) is 0.839. The van der Waals surface area contributed by atoms with Gasteiger partial charge in [0.15, 0.2) is 0 Å². The van der Waals surface area contributed by atoms with Crippen molar-refractivity contribution in [2.24, 2.45) is 0 Å². The van der Waals surface area contributed by atoms with Gasteiger partial charge < -0.3 is 5.32 Å². The average Bonchev–Trinajstić information content (AvgIpc) is 2.86. The third-order valence-electron chi connectivity index (χ3n) is 1.54. The van der Waals surface area contributed by atoms with Gasteiger partial charge in [-0.3, -0.25) is 5.32 Å². The number of thiocarbonyl (C=S) groups is 1. The molecular weight excluding hydrogens is 242 g/mol. The van der Waals surface area contributed by atoms with Crippen LogP contribution in [-0.2, 0) is 0 Å². The molecule has 0 saturated carbocycles. The Morgan fingerprint density at radius 3 is 2.92 bits per heavy atom. The number of nitrogens with one attached hydrogen (secondary N) is 3. The second-order valence-corrected chi connectivity index (χ2v) is 6.03. The number of hydrogen-bond acceptors (Lipinski definition) is 7. The van der Waals surface area contributed by atoms with Gasteiger partial charge in [-0.2, -0.15) is 0 Å². The molecule has 0 aromatic rings. The van der Waals surface area contributed by atoms with E-state index in [1.165, 1.54) is 0 Å². The van der Waals surface area contributed by atoms with Gasteiger partial charge in [-0.05, 0) is 17.3 Å². The normalized spacial score (nSPS) is 25.9. The quantitative estimate of drug-likeness (QED) is 0.127. The second kappa shape index (κ2) is 6.49. The Kier molecular flexibility index (Phi) is 6.04. The summed E-state index contributed by atoms with van der Waals surface area (Å²) in [6, 6.07) is 0. The standard InChI is InChI=1S/C6H13N3S4/c10-4-3-7-1-2-8-6(5-12-6)13-9-11/h4,7-9,11H,1-3,5H2. The monoisotopic (exact) mass is 255 g/mol. The topological polar surface area (TPSA) is 36.1 Å². The second-order valence-electron chi connectivity index (χ2n) is 2.53. The van der Waals surface area contributed by atoms with Crippen LogP contribution in [-0.4, -0.2) is 35.0 Å². The van der Waals surface area contributed by atoms with E-state index in [-0.39, 0.29) is 4.20 Å². The summed E-state index contributed by atoms with van der Waals surface area (Å²) >= 11 is 12.2. The van der Waals surface area contributed by atoms with Crippen molar-refractivity contribution in [2.75, 3.05) is 25.4 Å². The van der Waals surface area contributed by atoms with Crippen molar-refractivity contribution >= 4 is 54.1 Å². The first-order chi connectivity index (χ1) is 6.33. The zero-order valence-electron chi connectivity index (χ0n) is 7.08. The molecule has 1 fully saturated rings. The summed E-state index contributed by atoms with van der Waals surface area (Å²) in [5.74, 6) is 1.14. The number of rotatable bonds is 8. The van der Waals surface area contributed by atoms with Crippen LogP contribution >= 0.6 is 48.7 Å². The molecule has 1 aliphatic rings. The predicted octanol–water partition coefficient (Wildman–Crippen LogP) is 0.648. The van der Waals surface area contributed by atoms with Crippen molar-refractivity contribution in [3.8, 4) is 0 Å². The van der Waals surface area contributed by atoms with E-state index in [9.17, 15) is 0 Å². The van der Waals surface area contributed by atoms with Crippen molar-refractivity contribution < 1.29 is 0 Å². The summed E-state index contributed by atoms with van der Waals surface area (Å²) in [6.07, 6.45) is 0. The van der Waals surface area contributed by atoms with Gasteiger partial charge in [-0.1, -0.05) is 25.0 Å². The highest BCUT2D eigenvalue weighted by atomic mass is 32.2. The number of thiol groups is 1. The molecule has 1 atom stereocenters. The Labute approximate surface area is 98.2 Å². The largest absolute Gasteiger partial charge is 0.311 e. The lowest BCUT2D eigenvalue weighted by Gasteiger charge is -2.13. The Hall–Kier alpha value is 1.02. The van der Waals surface area contributed by atoms with Crippen molar-refractivity contribution in [3.63, 3.8) is 0 Å². The molecular formula is C6H13N3S4. The zero-order valence-corrected chi connectivity index (χ0v) is 10.4. The lowest BCUT2D eigenvalue weighted by molar-refractivity contribution is 0.642. The van der Waals surface area contributed by atoms with Crippen molar-refractivity contribution in [1.29, 1.82) is 0 Å². The number of hydrogen-bond donors (Lipinski definition) is 4. The van der Waals surface area contributed by atoms with Gasteiger partial charge in [0.05, 0.1) is 0 Å². The maximum Gasteiger partial charge on any atom is 0.136 e. The molecule has 3 N–H and O–H groups in total. The summed E-state index contributed by atoms with van der Waals surface area (Å²) in [4.78, 5) is 0. The van der Waals surface area contributed by atoms with E-state index in [0.29, 0.717) is 0 Å². The van der Waals surface area contributed by atoms with E-state index >= 15 is 0 Å². The highest BCUT2D eigenvalue weighted by Crippen LogP contribution is 2.49. The van der Waals surface area contributed by atoms with E-state index in [0.717, 1.165) is 25.4 Å². The summed E-state index contributed by atoms with van der Waals surface area (Å²) < 4.78 is 2.97. The first-order valence-electron chi connectivity index (χ1n) is 3.93. The lowest BCUT2D eigenvalue weighted by atomic mass is 10.5. The summed E-state index contributed by atoms with van der Waals surface area (Å²) in [5, 5.41) is 8.33. The van der Waals surface area contributed by atoms with Crippen LogP contribution in [0.2, 0.25) is 0 Å². The molecule has 0 spiro atoms. The van der Waals surface area contributed by atoms with E-state index < -0.39 is 0 Å². The molecule has 0 bridgehead atoms. The summed E-state index contributed by atoms with van der Waals surface area (Å²) in [6.45, 7) is 2.70. The minimum atomic E-state index is 0.168. The van der Waals surface area contributed by atoms with Crippen LogP contribution in [0, 0.1) is 0 Å². The van der Waals surface area contributed by atoms with Crippen LogP contribution in [0.4, 0.5) is 0 Å². The first kappa shape index (κ1) is 12.1. The van der Waals surface area contributed by atoms with Crippen molar-refractivity contribution in [3.05, 3.63) is 0 Å². The minimum absolute atomic E-state index is 0.168. The number of thioether (sulfide) groups is 1. The van der Waals surface area contributed by atoms with Gasteiger partial charge >= 0.3 is 0 Å². The molecule has 0 aromatic carbocycles. The Balaban J connectivity index is 1.96. The average molecular weight is 255 g/mol. The molecule has 1 unspecified atom stereocenters. The van der Waals surface area contributed by atoms with Crippen LogP contribution in [0.3, 0.4) is 0 Å². The van der Waals surface area contributed by atoms with E-state index in [4.69, 9.17) is 12.2 Å². The summed E-state index contributed by atoms with van der Waals surface area (Å²) in [7, 11) is 0. The fourth-order valence-corrected chi connectivity index (χ4v) is 3.14. The highest BCUT2D eigenvalue weighted by molar-refractivity contribution is 8.25. The van der Waals surface area contributed by atoms with E-state index in [1.54, 1.807) is 17.3 Å². The van der Waals surface area contributed by atoms with Crippen molar-refractivity contribution in [2.45, 2.75) is 4.20 Å². The van der Waals surface area contributed by atoms with Crippen LogP contribution in [0.1, 0.15) is 0 Å². The molecule has 7 heteroatoms. The maximum atomic E-state index is 4.69. The molecule has 0 aliphatic carbocycles. The molecule has 3 nitrogen and oxygen atoms in total. The Morgan fingerprint density at radius 1 is 1.62 bits per heavy atom. The third-order valence-corrected chi connectivity index (χ3v) is 4.46. The minimum Gasteiger partial charge on any atom is -0.311 e. The molecule has 1 rings (SSSR count). The van der Waals surface area contributed by atoms with Crippen LogP contribution in [0.25, 0.3) is 0 Å². The van der Waals surface area contributed by atoms with Crippen LogP contribution in [0.5, 0.6) is 0 Å². The maximum absolute atomic E-state index is 4.69. The Morgan fingerprint density at radius 2 is 2.38 bits per heavy atom. The van der Waals surface area contributed by atoms with Crippen molar-refractivity contribution in [1.82, 2.24) is 14.8 Å². The van der Waals surface area contributed by atoms with E-state index in [1.807, 2.05) is 11.8 Å². The smallest absolute Gasteiger partial charge is 0.136 e. The molecule has 1 heterocycles. The fraction of sp³-hybridized carbons (Fsp3) is 0.833. The lowest BCUT2D eigenvalue weighted by Crippen LogP contribution is -2.36. The van der Waals surface area contributed by atoms with E-state index in [2.05, 4.69) is 27.6 Å². The van der Waals surface area contributed by atoms with Gasteiger partial charge in [0.1, 0.15) is 4.20 Å². The molecule has 1 aliphatic heterocycles. The molecule has 0 radical (unpaired) electrons. The highest BCUT2D eigenvalue weighted by Gasteiger charge is 2.44. The van der Waals surface area contributed by atoms with Gasteiger partial charge in [-0.25, -0.2) is 4.13 Å².